The molecule has 0 radical (unpaired) electrons. The molecule has 1 saturated heterocycles. The lowest BCUT2D eigenvalue weighted by Crippen LogP contribution is -2.49. The third-order valence-corrected chi connectivity index (χ3v) is 5.15. The molecule has 0 spiro atoms. The van der Waals surface area contributed by atoms with Gasteiger partial charge in [-0.15, -0.1) is 0 Å². The standard InChI is InChI=1S/C20H36N4O8/c1-20(2)14-23(12-18(29)30)8-6-21(10-16(25)26)4-3-5-22(11-17(27)28)7-9-24(15-20)13-19(31)32/h3-15H2,1-2H3,(H,25,26)(H,27,28)(H,29,30)(H,31,32). The van der Waals surface area contributed by atoms with Gasteiger partial charge in [0.1, 0.15) is 0 Å². The molecule has 32 heavy (non-hydrogen) atoms. The summed E-state index contributed by atoms with van der Waals surface area (Å²) in [7, 11) is 0. The molecule has 1 heterocycles. The normalized spacial score (nSPS) is 20.9. The topological polar surface area (TPSA) is 162 Å². The maximum absolute atomic E-state index is 11.4. The maximum Gasteiger partial charge on any atom is 0.317 e. The van der Waals surface area contributed by atoms with E-state index in [-0.39, 0.29) is 26.2 Å². The van der Waals surface area contributed by atoms with Crippen LogP contribution in [0.4, 0.5) is 0 Å². The smallest absolute Gasteiger partial charge is 0.317 e. The molecular weight excluding hydrogens is 424 g/mol. The van der Waals surface area contributed by atoms with E-state index in [0.29, 0.717) is 58.8 Å². The molecule has 0 aromatic carbocycles. The molecular formula is C20H36N4O8. The number of nitrogens with zero attached hydrogens (tertiary/aromatic N) is 4. The van der Waals surface area contributed by atoms with Crippen molar-refractivity contribution >= 4 is 23.9 Å². The van der Waals surface area contributed by atoms with Crippen LogP contribution in [-0.2, 0) is 19.2 Å². The average molecular weight is 461 g/mol. The van der Waals surface area contributed by atoms with Crippen LogP contribution in [0.15, 0.2) is 0 Å². The number of carboxylic acid groups (broad SMARTS) is 4. The van der Waals surface area contributed by atoms with Crippen molar-refractivity contribution in [3.05, 3.63) is 0 Å². The van der Waals surface area contributed by atoms with Gasteiger partial charge in [-0.2, -0.15) is 0 Å². The van der Waals surface area contributed by atoms with Gasteiger partial charge < -0.3 is 20.4 Å². The van der Waals surface area contributed by atoms with Crippen LogP contribution >= 0.6 is 0 Å². The van der Waals surface area contributed by atoms with Gasteiger partial charge in [-0.3, -0.25) is 38.8 Å². The predicted molar refractivity (Wildman–Crippen MR) is 115 cm³/mol. The summed E-state index contributed by atoms with van der Waals surface area (Å²) in [4.78, 5) is 52.2. The van der Waals surface area contributed by atoms with Crippen molar-refractivity contribution in [2.24, 2.45) is 5.41 Å². The molecule has 184 valence electrons. The number of carbonyl (C=O) groups is 4. The highest BCUT2D eigenvalue weighted by Gasteiger charge is 2.28. The third-order valence-electron chi connectivity index (χ3n) is 5.15. The number of hydrogen-bond acceptors (Lipinski definition) is 8. The Morgan fingerprint density at radius 1 is 0.562 bits per heavy atom. The zero-order valence-corrected chi connectivity index (χ0v) is 18.9. The summed E-state index contributed by atoms with van der Waals surface area (Å²) in [5.74, 6) is -3.94. The van der Waals surface area contributed by atoms with Crippen molar-refractivity contribution < 1.29 is 39.6 Å². The molecule has 1 aliphatic rings. The lowest BCUT2D eigenvalue weighted by Gasteiger charge is -2.37. The molecule has 12 nitrogen and oxygen atoms in total. The minimum atomic E-state index is -0.988. The van der Waals surface area contributed by atoms with E-state index in [2.05, 4.69) is 0 Å². The first kappa shape index (κ1) is 27.8. The molecule has 0 bridgehead atoms. The monoisotopic (exact) mass is 460 g/mol. The van der Waals surface area contributed by atoms with E-state index in [4.69, 9.17) is 0 Å². The molecule has 4 N–H and O–H groups in total. The van der Waals surface area contributed by atoms with Crippen molar-refractivity contribution in [2.75, 3.05) is 78.5 Å². The van der Waals surface area contributed by atoms with Crippen molar-refractivity contribution in [2.45, 2.75) is 20.3 Å². The molecule has 0 unspecified atom stereocenters. The van der Waals surface area contributed by atoms with E-state index in [1.165, 1.54) is 0 Å². The van der Waals surface area contributed by atoms with Crippen LogP contribution in [0.3, 0.4) is 0 Å². The average Bonchev–Trinajstić information content (AvgIpc) is 2.60. The van der Waals surface area contributed by atoms with Gasteiger partial charge in [-0.05, 0) is 11.8 Å². The van der Waals surface area contributed by atoms with Gasteiger partial charge >= 0.3 is 23.9 Å². The second kappa shape index (κ2) is 13.3. The quantitative estimate of drug-likeness (QED) is 0.349. The molecule has 0 aliphatic carbocycles. The Kier molecular flexibility index (Phi) is 11.5. The lowest BCUT2D eigenvalue weighted by atomic mass is 9.91. The highest BCUT2D eigenvalue weighted by atomic mass is 16.4. The Morgan fingerprint density at radius 2 is 0.844 bits per heavy atom. The van der Waals surface area contributed by atoms with Crippen LogP contribution in [0.5, 0.6) is 0 Å². The molecule has 1 rings (SSSR count). The fourth-order valence-electron chi connectivity index (χ4n) is 4.08. The van der Waals surface area contributed by atoms with E-state index >= 15 is 0 Å². The third kappa shape index (κ3) is 12.5. The minimum absolute atomic E-state index is 0.185. The van der Waals surface area contributed by atoms with E-state index < -0.39 is 29.3 Å². The zero-order valence-electron chi connectivity index (χ0n) is 18.9. The summed E-state index contributed by atoms with van der Waals surface area (Å²) >= 11 is 0. The van der Waals surface area contributed by atoms with Crippen LogP contribution in [-0.4, -0.2) is 142 Å². The SMILES string of the molecule is CC1(C)CN(CC(=O)O)CCN(CC(=O)O)CCCN(CC(=O)O)CCN(CC(=O)O)C1. The minimum Gasteiger partial charge on any atom is -0.480 e. The fraction of sp³-hybridized carbons (Fsp3) is 0.800. The highest BCUT2D eigenvalue weighted by molar-refractivity contribution is 5.70. The Hall–Kier alpha value is -2.28. The van der Waals surface area contributed by atoms with E-state index in [1.807, 2.05) is 13.8 Å². The number of aliphatic carboxylic acids is 4. The van der Waals surface area contributed by atoms with Gasteiger partial charge in [-0.25, -0.2) is 0 Å². The van der Waals surface area contributed by atoms with Crippen molar-refractivity contribution in [3.8, 4) is 0 Å². The summed E-state index contributed by atoms with van der Waals surface area (Å²) in [5.41, 5.74) is -0.454. The van der Waals surface area contributed by atoms with Crippen molar-refractivity contribution in [3.63, 3.8) is 0 Å². The number of rotatable bonds is 8. The molecule has 1 aliphatic heterocycles. The van der Waals surface area contributed by atoms with Gasteiger partial charge in [0.15, 0.2) is 0 Å². The highest BCUT2D eigenvalue weighted by Crippen LogP contribution is 2.19. The largest absolute Gasteiger partial charge is 0.480 e. The molecule has 0 atom stereocenters. The molecule has 0 aromatic heterocycles. The molecule has 0 amide bonds. The number of hydrogen-bond donors (Lipinski definition) is 4. The van der Waals surface area contributed by atoms with Gasteiger partial charge in [-0.1, -0.05) is 13.8 Å². The summed E-state index contributed by atoms with van der Waals surface area (Å²) in [6, 6.07) is 0. The Morgan fingerprint density at radius 3 is 1.16 bits per heavy atom. The first-order valence-corrected chi connectivity index (χ1v) is 10.6. The Bertz CT molecular complexity index is 606. The van der Waals surface area contributed by atoms with Gasteiger partial charge in [0, 0.05) is 52.4 Å². The first-order valence-electron chi connectivity index (χ1n) is 10.6. The molecule has 12 heteroatoms. The van der Waals surface area contributed by atoms with Crippen LogP contribution in [0.25, 0.3) is 0 Å². The summed E-state index contributed by atoms with van der Waals surface area (Å²) in [5, 5.41) is 37.0. The number of carboxylic acids is 4. The second-order valence-electron chi connectivity index (χ2n) is 9.07. The van der Waals surface area contributed by atoms with Crippen molar-refractivity contribution in [1.29, 1.82) is 0 Å². The zero-order chi connectivity index (χ0) is 24.3. The van der Waals surface area contributed by atoms with E-state index in [9.17, 15) is 39.6 Å². The Balaban J connectivity index is 3.08. The lowest BCUT2D eigenvalue weighted by molar-refractivity contribution is -0.141. The van der Waals surface area contributed by atoms with Gasteiger partial charge in [0.2, 0.25) is 0 Å². The fourth-order valence-corrected chi connectivity index (χ4v) is 4.08. The van der Waals surface area contributed by atoms with E-state index in [1.54, 1.807) is 19.6 Å². The van der Waals surface area contributed by atoms with E-state index in [0.717, 1.165) is 0 Å². The van der Waals surface area contributed by atoms with Crippen LogP contribution < -0.4 is 0 Å². The van der Waals surface area contributed by atoms with Crippen molar-refractivity contribution in [1.82, 2.24) is 19.6 Å². The molecule has 1 fully saturated rings. The van der Waals surface area contributed by atoms with Gasteiger partial charge in [0.05, 0.1) is 26.2 Å². The first-order chi connectivity index (χ1) is 14.9. The summed E-state index contributed by atoms with van der Waals surface area (Å²) < 4.78 is 0. The predicted octanol–water partition coefficient (Wildman–Crippen LogP) is -1.04. The molecule has 0 aromatic rings. The van der Waals surface area contributed by atoms with Crippen LogP contribution in [0.2, 0.25) is 0 Å². The maximum atomic E-state index is 11.4. The van der Waals surface area contributed by atoms with Gasteiger partial charge in [0.25, 0.3) is 0 Å². The molecule has 0 saturated carbocycles. The Labute approximate surface area is 188 Å². The summed E-state index contributed by atoms with van der Waals surface area (Å²) in [6.07, 6.45) is 0.532. The summed E-state index contributed by atoms with van der Waals surface area (Å²) in [6.45, 7) is 6.10. The second-order valence-corrected chi connectivity index (χ2v) is 9.07. The van der Waals surface area contributed by atoms with Crippen LogP contribution in [0, 0.1) is 5.41 Å². The van der Waals surface area contributed by atoms with Crippen LogP contribution in [0.1, 0.15) is 20.3 Å².